The molecule has 3 amide bonds. The number of amides is 3. The third-order valence-electron chi connectivity index (χ3n) is 6.77. The molecular formula is C34H38N6O9. The number of carbonyl (C=O) groups excluding carboxylic acids is 4. The van der Waals surface area contributed by atoms with Crippen molar-refractivity contribution in [3.63, 3.8) is 0 Å². The highest BCUT2D eigenvalue weighted by Gasteiger charge is 2.22. The number of non-ortho nitro benzene ring substituents is 1. The number of ether oxygens (including phenoxy) is 3. The van der Waals surface area contributed by atoms with Gasteiger partial charge < -0.3 is 30.2 Å². The Morgan fingerprint density at radius 2 is 1.33 bits per heavy atom. The molecule has 2 aromatic carbocycles. The van der Waals surface area contributed by atoms with Gasteiger partial charge in [0.05, 0.1) is 42.5 Å². The van der Waals surface area contributed by atoms with Crippen LogP contribution in [-0.4, -0.2) is 71.5 Å². The van der Waals surface area contributed by atoms with Gasteiger partial charge in [0.15, 0.2) is 5.52 Å². The molecule has 49 heavy (non-hydrogen) atoms. The molecule has 15 nitrogen and oxygen atoms in total. The maximum Gasteiger partial charge on any atom is 0.325 e. The second kappa shape index (κ2) is 16.3. The van der Waals surface area contributed by atoms with Crippen LogP contribution in [0.25, 0.3) is 21.8 Å². The molecule has 258 valence electrons. The molecule has 0 radical (unpaired) electrons. The minimum Gasteiger partial charge on any atom is -0.493 e. The summed E-state index contributed by atoms with van der Waals surface area (Å²) in [6.45, 7) is 9.38. The van der Waals surface area contributed by atoms with Crippen LogP contribution in [0.5, 0.6) is 11.5 Å². The van der Waals surface area contributed by atoms with Crippen molar-refractivity contribution in [1.29, 1.82) is 0 Å². The molecule has 0 unspecified atom stereocenters. The van der Waals surface area contributed by atoms with Gasteiger partial charge in [-0.3, -0.25) is 29.3 Å². The van der Waals surface area contributed by atoms with E-state index < -0.39 is 35.2 Å². The standard InChI is InChI=1S/C34H38N6O9/c1-6-47-30(42)16-36-34(44)24-13-27(48-17-19(2)3)21-9-7-11-23(31(21)38-24)37-29(41)15-35-33(43)25-14-28(49-18-20(4)5)22-10-8-12-26(40(45)46)32(22)39-25/h7-14,19-20H,6,15-18H2,1-5H3,(H,35,43)(H,36,44)(H,37,41). The largest absolute Gasteiger partial charge is 0.493 e. The number of fused-ring (bicyclic) bond motifs is 2. The van der Waals surface area contributed by atoms with E-state index in [9.17, 15) is 29.3 Å². The van der Waals surface area contributed by atoms with Gasteiger partial charge in [0.2, 0.25) is 5.91 Å². The molecule has 0 aliphatic carbocycles. The monoisotopic (exact) mass is 674 g/mol. The number of hydrogen-bond acceptors (Lipinski definition) is 11. The highest BCUT2D eigenvalue weighted by atomic mass is 16.6. The van der Waals surface area contributed by atoms with Crippen molar-refractivity contribution in [1.82, 2.24) is 20.6 Å². The van der Waals surface area contributed by atoms with Gasteiger partial charge in [-0.05, 0) is 37.0 Å². The lowest BCUT2D eigenvalue weighted by atomic mass is 10.1. The van der Waals surface area contributed by atoms with Gasteiger partial charge in [0.25, 0.3) is 17.5 Å². The summed E-state index contributed by atoms with van der Waals surface area (Å²) >= 11 is 0. The molecule has 2 heterocycles. The number of para-hydroxylation sites is 2. The van der Waals surface area contributed by atoms with E-state index in [2.05, 4.69) is 25.9 Å². The van der Waals surface area contributed by atoms with Crippen LogP contribution in [0.2, 0.25) is 0 Å². The first-order valence-corrected chi connectivity index (χ1v) is 15.7. The van der Waals surface area contributed by atoms with E-state index in [4.69, 9.17) is 14.2 Å². The first kappa shape index (κ1) is 36.0. The maximum absolute atomic E-state index is 13.2. The number of aromatic nitrogens is 2. The third-order valence-corrected chi connectivity index (χ3v) is 6.77. The van der Waals surface area contributed by atoms with Crippen molar-refractivity contribution in [3.8, 4) is 11.5 Å². The number of benzene rings is 2. The molecule has 4 aromatic rings. The number of carbonyl (C=O) groups is 4. The Balaban J connectivity index is 1.57. The summed E-state index contributed by atoms with van der Waals surface area (Å²) in [6.07, 6.45) is 0. The van der Waals surface area contributed by atoms with Crippen LogP contribution in [0.15, 0.2) is 48.5 Å². The van der Waals surface area contributed by atoms with Crippen LogP contribution in [0, 0.1) is 22.0 Å². The number of anilines is 1. The molecule has 0 saturated heterocycles. The van der Waals surface area contributed by atoms with Gasteiger partial charge in [-0.2, -0.15) is 0 Å². The van der Waals surface area contributed by atoms with E-state index in [0.29, 0.717) is 29.7 Å². The number of nitro benzene ring substituents is 1. The van der Waals surface area contributed by atoms with Gasteiger partial charge >= 0.3 is 5.97 Å². The highest BCUT2D eigenvalue weighted by molar-refractivity contribution is 6.06. The number of nitro groups is 1. The predicted octanol–water partition coefficient (Wildman–Crippen LogP) is 4.42. The number of nitrogens with one attached hydrogen (secondary N) is 3. The number of nitrogens with zero attached hydrogens (tertiary/aromatic N) is 3. The lowest BCUT2D eigenvalue weighted by molar-refractivity contribution is -0.383. The number of esters is 1. The molecule has 0 aliphatic heterocycles. The Labute approximate surface area is 281 Å². The summed E-state index contributed by atoms with van der Waals surface area (Å²) in [5.41, 5.74) is -0.0884. The number of rotatable bonds is 15. The zero-order chi connectivity index (χ0) is 35.7. The zero-order valence-corrected chi connectivity index (χ0v) is 27.8. The second-order valence-electron chi connectivity index (χ2n) is 11.8. The van der Waals surface area contributed by atoms with Crippen LogP contribution in [0.1, 0.15) is 55.6 Å². The Bertz CT molecular complexity index is 1890. The van der Waals surface area contributed by atoms with E-state index in [1.807, 2.05) is 27.7 Å². The van der Waals surface area contributed by atoms with E-state index in [1.165, 1.54) is 24.3 Å². The van der Waals surface area contributed by atoms with Crippen LogP contribution in [-0.2, 0) is 14.3 Å². The Morgan fingerprint density at radius 1 is 0.796 bits per heavy atom. The summed E-state index contributed by atoms with van der Waals surface area (Å²) in [4.78, 5) is 70.8. The minimum absolute atomic E-state index is 0.0252. The molecule has 0 saturated carbocycles. The lowest BCUT2D eigenvalue weighted by Gasteiger charge is -2.15. The minimum atomic E-state index is -0.759. The molecule has 3 N–H and O–H groups in total. The number of pyridine rings is 2. The zero-order valence-electron chi connectivity index (χ0n) is 27.8. The topological polar surface area (TPSA) is 201 Å². The van der Waals surface area contributed by atoms with E-state index >= 15 is 0 Å². The van der Waals surface area contributed by atoms with Crippen molar-refractivity contribution in [2.45, 2.75) is 34.6 Å². The molecule has 0 fully saturated rings. The highest BCUT2D eigenvalue weighted by Crippen LogP contribution is 2.33. The SMILES string of the molecule is CCOC(=O)CNC(=O)c1cc(OCC(C)C)c2cccc(NC(=O)CNC(=O)c3cc(OCC(C)C)c4cccc([N+](=O)[O-])c4n3)c2n1. The first-order valence-electron chi connectivity index (χ1n) is 15.7. The summed E-state index contributed by atoms with van der Waals surface area (Å²) in [7, 11) is 0. The van der Waals surface area contributed by atoms with E-state index in [0.717, 1.165) is 0 Å². The fraction of sp³-hybridized carbons (Fsp3) is 0.353. The summed E-state index contributed by atoms with van der Waals surface area (Å²) < 4.78 is 16.7. The van der Waals surface area contributed by atoms with Gasteiger partial charge in [-0.25, -0.2) is 9.97 Å². The first-order chi connectivity index (χ1) is 23.4. The second-order valence-corrected chi connectivity index (χ2v) is 11.8. The molecule has 0 spiro atoms. The normalized spacial score (nSPS) is 11.0. The smallest absolute Gasteiger partial charge is 0.325 e. The van der Waals surface area contributed by atoms with Crippen molar-refractivity contribution < 1.29 is 38.3 Å². The Kier molecular flexibility index (Phi) is 12.0. The van der Waals surface area contributed by atoms with Gasteiger partial charge in [-0.15, -0.1) is 0 Å². The van der Waals surface area contributed by atoms with Crippen molar-refractivity contribution in [2.24, 2.45) is 11.8 Å². The average molecular weight is 675 g/mol. The van der Waals surface area contributed by atoms with Crippen LogP contribution in [0.3, 0.4) is 0 Å². The van der Waals surface area contributed by atoms with E-state index in [-0.39, 0.29) is 64.5 Å². The van der Waals surface area contributed by atoms with Crippen molar-refractivity contribution in [2.75, 3.05) is 38.2 Å². The number of hydrogen-bond donors (Lipinski definition) is 3. The van der Waals surface area contributed by atoms with Gasteiger partial charge in [0, 0.05) is 29.0 Å². The summed E-state index contributed by atoms with van der Waals surface area (Å²) in [5, 5.41) is 20.3. The Hall–Kier alpha value is -5.86. The Morgan fingerprint density at radius 3 is 1.88 bits per heavy atom. The molecule has 0 aliphatic rings. The molecule has 4 rings (SSSR count). The predicted molar refractivity (Wildman–Crippen MR) is 181 cm³/mol. The quantitative estimate of drug-likeness (QED) is 0.0915. The molecule has 0 bridgehead atoms. The summed E-state index contributed by atoms with van der Waals surface area (Å²) in [6, 6.07) is 12.2. The molecule has 15 heteroatoms. The van der Waals surface area contributed by atoms with Gasteiger partial charge in [-0.1, -0.05) is 39.8 Å². The fourth-order valence-electron chi connectivity index (χ4n) is 4.55. The van der Waals surface area contributed by atoms with Crippen molar-refractivity contribution in [3.05, 3.63) is 70.0 Å². The van der Waals surface area contributed by atoms with Gasteiger partial charge in [0.1, 0.15) is 29.4 Å². The van der Waals surface area contributed by atoms with Crippen LogP contribution in [0.4, 0.5) is 11.4 Å². The van der Waals surface area contributed by atoms with Crippen LogP contribution >= 0.6 is 0 Å². The maximum atomic E-state index is 13.2. The van der Waals surface area contributed by atoms with E-state index in [1.54, 1.807) is 31.2 Å². The third kappa shape index (κ3) is 9.37. The fourth-order valence-corrected chi connectivity index (χ4v) is 4.55. The molecule has 2 aromatic heterocycles. The average Bonchev–Trinajstić information content (AvgIpc) is 3.07. The molecule has 0 atom stereocenters. The summed E-state index contributed by atoms with van der Waals surface area (Å²) in [5.74, 6) is -1.76. The molecular weight excluding hydrogens is 636 g/mol. The van der Waals surface area contributed by atoms with Crippen molar-refractivity contribution >= 4 is 56.9 Å². The lowest BCUT2D eigenvalue weighted by Crippen LogP contribution is -2.33. The van der Waals surface area contributed by atoms with Crippen LogP contribution < -0.4 is 25.4 Å².